The first-order valence-corrected chi connectivity index (χ1v) is 9.94. The second kappa shape index (κ2) is 9.24. The Kier molecular flexibility index (Phi) is 6.70. The van der Waals surface area contributed by atoms with Crippen LogP contribution in [0.25, 0.3) is 5.57 Å². The lowest BCUT2D eigenvalue weighted by Gasteiger charge is -2.16. The fourth-order valence-corrected chi connectivity index (χ4v) is 3.50. The molecule has 0 unspecified atom stereocenters. The van der Waals surface area contributed by atoms with Crippen molar-refractivity contribution in [3.05, 3.63) is 69.8 Å². The van der Waals surface area contributed by atoms with Crippen LogP contribution in [0.1, 0.15) is 34.0 Å². The molecule has 1 aliphatic heterocycles. The van der Waals surface area contributed by atoms with E-state index >= 15 is 0 Å². The molecule has 0 saturated heterocycles. The van der Waals surface area contributed by atoms with Crippen LogP contribution in [-0.4, -0.2) is 37.6 Å². The van der Waals surface area contributed by atoms with Crippen molar-refractivity contribution in [1.82, 2.24) is 0 Å². The van der Waals surface area contributed by atoms with Gasteiger partial charge in [-0.05, 0) is 56.2 Å². The summed E-state index contributed by atoms with van der Waals surface area (Å²) >= 11 is 6.26. The molecule has 2 amide bonds. The van der Waals surface area contributed by atoms with Crippen molar-refractivity contribution in [2.24, 2.45) is 0 Å². The van der Waals surface area contributed by atoms with E-state index in [2.05, 4.69) is 0 Å². The average Bonchev–Trinajstić information content (AvgIpc) is 2.94. The van der Waals surface area contributed by atoms with Crippen molar-refractivity contribution in [1.29, 1.82) is 0 Å². The molecular formula is C23H22ClNO5. The predicted molar refractivity (Wildman–Crippen MR) is 114 cm³/mol. The monoisotopic (exact) mass is 427 g/mol. The molecule has 1 heterocycles. The van der Waals surface area contributed by atoms with E-state index in [4.69, 9.17) is 21.1 Å². The van der Waals surface area contributed by atoms with E-state index < -0.39 is 17.8 Å². The molecule has 0 fully saturated rings. The summed E-state index contributed by atoms with van der Waals surface area (Å²) in [6, 6.07) is 11.6. The van der Waals surface area contributed by atoms with Gasteiger partial charge in [-0.3, -0.25) is 9.59 Å². The molecule has 2 aromatic carbocycles. The number of imide groups is 1. The van der Waals surface area contributed by atoms with Crippen LogP contribution in [-0.2, 0) is 19.1 Å². The number of carbonyl (C=O) groups is 3. The van der Waals surface area contributed by atoms with E-state index in [1.807, 2.05) is 32.9 Å². The summed E-state index contributed by atoms with van der Waals surface area (Å²) in [6.07, 6.45) is 0. The highest BCUT2D eigenvalue weighted by Gasteiger charge is 2.39. The minimum atomic E-state index is -0.594. The summed E-state index contributed by atoms with van der Waals surface area (Å²) in [6.45, 7) is 6.69. The van der Waals surface area contributed by atoms with Gasteiger partial charge in [-0.25, -0.2) is 9.69 Å². The van der Waals surface area contributed by atoms with Gasteiger partial charge in [0.1, 0.15) is 11.6 Å². The molecule has 0 saturated carbocycles. The SMILES string of the molecule is CCOCCOC(=O)c1ccc(N2C(=O)C(Cl)=C(c3ccc(C)cc3C)C2=O)cc1. The van der Waals surface area contributed by atoms with Crippen molar-refractivity contribution in [3.8, 4) is 0 Å². The number of anilines is 1. The molecule has 0 spiro atoms. The molecule has 0 bridgehead atoms. The van der Waals surface area contributed by atoms with Gasteiger partial charge in [-0.1, -0.05) is 35.4 Å². The van der Waals surface area contributed by atoms with Gasteiger partial charge in [0, 0.05) is 6.61 Å². The first-order valence-electron chi connectivity index (χ1n) is 9.56. The van der Waals surface area contributed by atoms with Gasteiger partial charge in [0.25, 0.3) is 11.8 Å². The van der Waals surface area contributed by atoms with Crippen molar-refractivity contribution in [2.45, 2.75) is 20.8 Å². The van der Waals surface area contributed by atoms with Gasteiger partial charge >= 0.3 is 5.97 Å². The molecule has 0 atom stereocenters. The molecule has 0 aliphatic carbocycles. The second-order valence-electron chi connectivity index (χ2n) is 6.83. The zero-order chi connectivity index (χ0) is 21.8. The molecule has 6 nitrogen and oxygen atoms in total. The normalized spacial score (nSPS) is 13.9. The van der Waals surface area contributed by atoms with Gasteiger partial charge in [0.15, 0.2) is 0 Å². The van der Waals surface area contributed by atoms with Gasteiger partial charge in [0.05, 0.1) is 23.4 Å². The summed E-state index contributed by atoms with van der Waals surface area (Å²) in [7, 11) is 0. The number of esters is 1. The Bertz CT molecular complexity index is 1030. The van der Waals surface area contributed by atoms with Gasteiger partial charge in [-0.15, -0.1) is 0 Å². The van der Waals surface area contributed by atoms with Crippen molar-refractivity contribution in [3.63, 3.8) is 0 Å². The first-order chi connectivity index (χ1) is 14.3. The number of nitrogens with zero attached hydrogens (tertiary/aromatic N) is 1. The highest BCUT2D eigenvalue weighted by Crippen LogP contribution is 2.36. The number of hydrogen-bond acceptors (Lipinski definition) is 5. The predicted octanol–water partition coefficient (Wildman–Crippen LogP) is 4.02. The molecule has 3 rings (SSSR count). The highest BCUT2D eigenvalue weighted by atomic mass is 35.5. The van der Waals surface area contributed by atoms with Crippen LogP contribution in [0, 0.1) is 13.8 Å². The summed E-state index contributed by atoms with van der Waals surface area (Å²) in [5, 5.41) is -0.119. The maximum atomic E-state index is 13.0. The number of halogens is 1. The zero-order valence-electron chi connectivity index (χ0n) is 17.0. The highest BCUT2D eigenvalue weighted by molar-refractivity contribution is 6.60. The Labute approximate surface area is 180 Å². The second-order valence-corrected chi connectivity index (χ2v) is 7.21. The molecule has 0 N–H and O–H groups in total. The van der Waals surface area contributed by atoms with E-state index in [0.29, 0.717) is 30.0 Å². The van der Waals surface area contributed by atoms with Crippen molar-refractivity contribution >= 4 is 40.6 Å². The summed E-state index contributed by atoms with van der Waals surface area (Å²) in [4.78, 5) is 38.8. The van der Waals surface area contributed by atoms with Crippen LogP contribution in [0.3, 0.4) is 0 Å². The van der Waals surface area contributed by atoms with Crippen LogP contribution < -0.4 is 4.90 Å². The third-order valence-corrected chi connectivity index (χ3v) is 5.06. The molecule has 7 heteroatoms. The maximum Gasteiger partial charge on any atom is 0.338 e. The summed E-state index contributed by atoms with van der Waals surface area (Å²) in [5.41, 5.74) is 3.35. The van der Waals surface area contributed by atoms with Crippen molar-refractivity contribution < 1.29 is 23.9 Å². The van der Waals surface area contributed by atoms with Crippen LogP contribution in [0.2, 0.25) is 0 Å². The Morgan fingerprint density at radius 2 is 1.70 bits per heavy atom. The standard InChI is InChI=1S/C23H22ClNO5/c1-4-29-11-12-30-23(28)16-6-8-17(9-7-16)25-21(26)19(20(24)22(25)27)18-10-5-14(2)13-15(18)3/h5-10,13H,4,11-12H2,1-3H3. The smallest absolute Gasteiger partial charge is 0.338 e. The van der Waals surface area contributed by atoms with E-state index in [-0.39, 0.29) is 17.2 Å². The van der Waals surface area contributed by atoms with Crippen molar-refractivity contribution in [2.75, 3.05) is 24.7 Å². The number of rotatable bonds is 7. The lowest BCUT2D eigenvalue weighted by molar-refractivity contribution is -0.119. The third kappa shape index (κ3) is 4.30. The molecule has 0 radical (unpaired) electrons. The molecule has 0 aromatic heterocycles. The van der Waals surface area contributed by atoms with Gasteiger partial charge in [-0.2, -0.15) is 0 Å². The lowest BCUT2D eigenvalue weighted by atomic mass is 9.99. The van der Waals surface area contributed by atoms with Gasteiger partial charge < -0.3 is 9.47 Å². The quantitative estimate of drug-likeness (QED) is 0.379. The molecule has 156 valence electrons. The number of ether oxygens (including phenoxy) is 2. The lowest BCUT2D eigenvalue weighted by Crippen LogP contribution is -2.31. The fraction of sp³-hybridized carbons (Fsp3) is 0.261. The maximum absolute atomic E-state index is 13.0. The summed E-state index contributed by atoms with van der Waals surface area (Å²) in [5.74, 6) is -1.60. The molecule has 1 aliphatic rings. The summed E-state index contributed by atoms with van der Waals surface area (Å²) < 4.78 is 10.2. The Hall–Kier alpha value is -2.96. The van der Waals surface area contributed by atoms with E-state index in [1.54, 1.807) is 6.07 Å². The number of aryl methyl sites for hydroxylation is 2. The topological polar surface area (TPSA) is 72.9 Å². The Balaban J connectivity index is 1.80. The number of amides is 2. The number of carbonyl (C=O) groups excluding carboxylic acids is 3. The van der Waals surface area contributed by atoms with E-state index in [9.17, 15) is 14.4 Å². The van der Waals surface area contributed by atoms with Gasteiger partial charge in [0.2, 0.25) is 0 Å². The minimum absolute atomic E-state index is 0.119. The fourth-order valence-electron chi connectivity index (χ4n) is 3.23. The zero-order valence-corrected chi connectivity index (χ0v) is 17.8. The van der Waals surface area contributed by atoms with E-state index in [0.717, 1.165) is 16.0 Å². The number of benzene rings is 2. The largest absolute Gasteiger partial charge is 0.460 e. The average molecular weight is 428 g/mol. The van der Waals surface area contributed by atoms with Crippen LogP contribution in [0.4, 0.5) is 5.69 Å². The third-order valence-electron chi connectivity index (χ3n) is 4.70. The molecular weight excluding hydrogens is 406 g/mol. The number of hydrogen-bond donors (Lipinski definition) is 0. The first kappa shape index (κ1) is 21.7. The van der Waals surface area contributed by atoms with Crippen LogP contribution >= 0.6 is 11.6 Å². The Morgan fingerprint density at radius 1 is 1.00 bits per heavy atom. The molecule has 2 aromatic rings. The van der Waals surface area contributed by atoms with E-state index in [1.165, 1.54) is 24.3 Å². The minimum Gasteiger partial charge on any atom is -0.460 e. The molecule has 30 heavy (non-hydrogen) atoms. The van der Waals surface area contributed by atoms with Crippen LogP contribution in [0.15, 0.2) is 47.5 Å². The Morgan fingerprint density at radius 3 is 2.33 bits per heavy atom. The van der Waals surface area contributed by atoms with Crippen LogP contribution in [0.5, 0.6) is 0 Å².